The van der Waals surface area contributed by atoms with Crippen molar-refractivity contribution in [3.05, 3.63) is 29.3 Å². The van der Waals surface area contributed by atoms with E-state index in [0.29, 0.717) is 5.56 Å². The van der Waals surface area contributed by atoms with E-state index < -0.39 is 5.97 Å². The molecule has 1 N–H and O–H groups in total. The fourth-order valence-electron chi connectivity index (χ4n) is 1.34. The van der Waals surface area contributed by atoms with E-state index in [-0.39, 0.29) is 0 Å². The van der Waals surface area contributed by atoms with Crippen molar-refractivity contribution in [2.24, 2.45) is 0 Å². The van der Waals surface area contributed by atoms with E-state index in [1.54, 1.807) is 12.1 Å². The minimum atomic E-state index is -0.874. The fraction of sp³-hybridized carbons (Fsp3) is 0.417. The van der Waals surface area contributed by atoms with Crippen LogP contribution in [0.15, 0.2) is 18.2 Å². The number of anilines is 1. The highest BCUT2D eigenvalue weighted by atomic mass is 16.4. The second-order valence-corrected chi connectivity index (χ2v) is 3.15. The number of rotatable bonds is 2. The number of nitrogens with zero attached hydrogens (tertiary/aromatic N) is 1. The van der Waals surface area contributed by atoms with Gasteiger partial charge in [0.25, 0.3) is 0 Å². The molecule has 15 heavy (non-hydrogen) atoms. The lowest BCUT2D eigenvalue weighted by Crippen LogP contribution is -2.12. The SMILES string of the molecule is CC.Cc1c(C(=O)O)cccc1N(C)C. The number of carbonyl (C=O) groups is 1. The Morgan fingerprint density at radius 3 is 2.20 bits per heavy atom. The van der Waals surface area contributed by atoms with Crippen molar-refractivity contribution in [2.45, 2.75) is 20.8 Å². The summed E-state index contributed by atoms with van der Waals surface area (Å²) in [5.74, 6) is -0.874. The zero-order chi connectivity index (χ0) is 12.0. The first-order valence-electron chi connectivity index (χ1n) is 5.04. The largest absolute Gasteiger partial charge is 0.478 e. The molecule has 0 saturated heterocycles. The minimum absolute atomic E-state index is 0.367. The van der Waals surface area contributed by atoms with Gasteiger partial charge in [-0.1, -0.05) is 19.9 Å². The molecule has 0 aromatic heterocycles. The van der Waals surface area contributed by atoms with Crippen LogP contribution in [0.5, 0.6) is 0 Å². The van der Waals surface area contributed by atoms with Crippen molar-refractivity contribution in [2.75, 3.05) is 19.0 Å². The Balaban J connectivity index is 0.000000921. The van der Waals surface area contributed by atoms with Gasteiger partial charge in [0.1, 0.15) is 0 Å². The molecule has 1 rings (SSSR count). The molecule has 0 fully saturated rings. The third kappa shape index (κ3) is 3.27. The summed E-state index contributed by atoms with van der Waals surface area (Å²) in [5, 5.41) is 8.85. The highest BCUT2D eigenvalue weighted by Gasteiger charge is 2.10. The van der Waals surface area contributed by atoms with Crippen molar-refractivity contribution >= 4 is 11.7 Å². The normalized spacial score (nSPS) is 8.87. The number of benzene rings is 1. The number of hydrogen-bond donors (Lipinski definition) is 1. The summed E-state index contributed by atoms with van der Waals surface area (Å²) in [6, 6.07) is 5.28. The zero-order valence-electron chi connectivity index (χ0n) is 10.0. The second-order valence-electron chi connectivity index (χ2n) is 3.15. The summed E-state index contributed by atoms with van der Waals surface area (Å²) in [7, 11) is 3.79. The maximum absolute atomic E-state index is 10.8. The third-order valence-corrected chi connectivity index (χ3v) is 2.02. The zero-order valence-corrected chi connectivity index (χ0v) is 10.0. The van der Waals surface area contributed by atoms with Crippen LogP contribution in [0.1, 0.15) is 29.8 Å². The fourth-order valence-corrected chi connectivity index (χ4v) is 1.34. The van der Waals surface area contributed by atoms with Gasteiger partial charge < -0.3 is 10.0 Å². The average Bonchev–Trinajstić information content (AvgIpc) is 2.20. The van der Waals surface area contributed by atoms with Gasteiger partial charge in [-0.2, -0.15) is 0 Å². The van der Waals surface area contributed by atoms with Crippen LogP contribution >= 0.6 is 0 Å². The molecule has 0 saturated carbocycles. The Hall–Kier alpha value is -1.51. The van der Waals surface area contributed by atoms with Gasteiger partial charge in [0.05, 0.1) is 5.56 Å². The predicted molar refractivity (Wildman–Crippen MR) is 63.8 cm³/mol. The van der Waals surface area contributed by atoms with Crippen molar-refractivity contribution in [1.82, 2.24) is 0 Å². The standard InChI is InChI=1S/C10H13NO2.C2H6/c1-7-8(10(12)13)5-4-6-9(7)11(2)3;1-2/h4-6H,1-3H3,(H,12,13);1-2H3. The first-order valence-corrected chi connectivity index (χ1v) is 5.04. The second kappa shape index (κ2) is 6.06. The van der Waals surface area contributed by atoms with Gasteiger partial charge in [0.15, 0.2) is 0 Å². The van der Waals surface area contributed by atoms with E-state index in [1.807, 2.05) is 45.8 Å². The van der Waals surface area contributed by atoms with Crippen molar-refractivity contribution in [1.29, 1.82) is 0 Å². The summed E-state index contributed by atoms with van der Waals surface area (Å²) >= 11 is 0. The average molecular weight is 209 g/mol. The number of carboxylic acids is 1. The maximum atomic E-state index is 10.8. The highest BCUT2D eigenvalue weighted by Crippen LogP contribution is 2.20. The molecular weight excluding hydrogens is 190 g/mol. The lowest BCUT2D eigenvalue weighted by atomic mass is 10.1. The third-order valence-electron chi connectivity index (χ3n) is 2.02. The summed E-state index contributed by atoms with van der Waals surface area (Å²) in [6.45, 7) is 5.82. The summed E-state index contributed by atoms with van der Waals surface area (Å²) in [4.78, 5) is 12.7. The Kier molecular flexibility index (Phi) is 5.45. The van der Waals surface area contributed by atoms with Gasteiger partial charge in [0, 0.05) is 19.8 Å². The molecule has 0 aliphatic rings. The molecule has 0 aliphatic heterocycles. The van der Waals surface area contributed by atoms with E-state index in [0.717, 1.165) is 11.3 Å². The number of aromatic carboxylic acids is 1. The Bertz CT molecular complexity index is 332. The molecule has 3 nitrogen and oxygen atoms in total. The molecule has 0 aliphatic carbocycles. The molecule has 0 atom stereocenters. The van der Waals surface area contributed by atoms with E-state index >= 15 is 0 Å². The summed E-state index contributed by atoms with van der Waals surface area (Å²) < 4.78 is 0. The van der Waals surface area contributed by atoms with Crippen molar-refractivity contribution < 1.29 is 9.90 Å². The molecule has 1 aromatic rings. The van der Waals surface area contributed by atoms with Crippen LogP contribution in [-0.4, -0.2) is 25.2 Å². The Morgan fingerprint density at radius 1 is 1.27 bits per heavy atom. The van der Waals surface area contributed by atoms with Crippen LogP contribution < -0.4 is 4.90 Å². The van der Waals surface area contributed by atoms with E-state index in [4.69, 9.17) is 5.11 Å². The molecular formula is C12H19NO2. The van der Waals surface area contributed by atoms with Crippen LogP contribution in [0.4, 0.5) is 5.69 Å². The van der Waals surface area contributed by atoms with Crippen LogP contribution in [0.25, 0.3) is 0 Å². The van der Waals surface area contributed by atoms with Crippen LogP contribution in [-0.2, 0) is 0 Å². The van der Waals surface area contributed by atoms with Crippen molar-refractivity contribution in [3.63, 3.8) is 0 Å². The van der Waals surface area contributed by atoms with Gasteiger partial charge in [0.2, 0.25) is 0 Å². The molecule has 0 amide bonds. The number of hydrogen-bond acceptors (Lipinski definition) is 2. The first kappa shape index (κ1) is 13.5. The molecule has 0 unspecified atom stereocenters. The van der Waals surface area contributed by atoms with Crippen LogP contribution in [0, 0.1) is 6.92 Å². The molecule has 0 bridgehead atoms. The maximum Gasteiger partial charge on any atom is 0.336 e. The van der Waals surface area contributed by atoms with Gasteiger partial charge in [-0.15, -0.1) is 0 Å². The van der Waals surface area contributed by atoms with Crippen molar-refractivity contribution in [3.8, 4) is 0 Å². The lowest BCUT2D eigenvalue weighted by molar-refractivity contribution is 0.0696. The molecule has 3 heteroatoms. The molecule has 84 valence electrons. The van der Waals surface area contributed by atoms with E-state index in [1.165, 1.54) is 0 Å². The topological polar surface area (TPSA) is 40.5 Å². The number of carboxylic acid groups (broad SMARTS) is 1. The molecule has 0 heterocycles. The first-order chi connectivity index (χ1) is 7.04. The highest BCUT2D eigenvalue weighted by molar-refractivity contribution is 5.91. The van der Waals surface area contributed by atoms with E-state index in [2.05, 4.69) is 0 Å². The van der Waals surface area contributed by atoms with Gasteiger partial charge >= 0.3 is 5.97 Å². The Morgan fingerprint density at radius 2 is 1.80 bits per heavy atom. The van der Waals surface area contributed by atoms with Crippen LogP contribution in [0.3, 0.4) is 0 Å². The summed E-state index contributed by atoms with van der Waals surface area (Å²) in [5.41, 5.74) is 2.12. The molecule has 0 spiro atoms. The summed E-state index contributed by atoms with van der Waals surface area (Å²) in [6.07, 6.45) is 0. The minimum Gasteiger partial charge on any atom is -0.478 e. The smallest absolute Gasteiger partial charge is 0.336 e. The monoisotopic (exact) mass is 209 g/mol. The lowest BCUT2D eigenvalue weighted by Gasteiger charge is -2.16. The molecule has 1 aromatic carbocycles. The van der Waals surface area contributed by atoms with Crippen LogP contribution in [0.2, 0.25) is 0 Å². The Labute approximate surface area is 91.3 Å². The quantitative estimate of drug-likeness (QED) is 0.814. The van der Waals surface area contributed by atoms with Gasteiger partial charge in [-0.3, -0.25) is 0 Å². The van der Waals surface area contributed by atoms with Gasteiger partial charge in [-0.25, -0.2) is 4.79 Å². The molecule has 0 radical (unpaired) electrons. The van der Waals surface area contributed by atoms with E-state index in [9.17, 15) is 4.79 Å². The van der Waals surface area contributed by atoms with Gasteiger partial charge in [-0.05, 0) is 24.6 Å². The predicted octanol–water partition coefficient (Wildman–Crippen LogP) is 2.79.